The molecule has 3 N–H and O–H groups in total. The normalized spacial score (nSPS) is 12.8. The van der Waals surface area contributed by atoms with E-state index in [1.54, 1.807) is 0 Å². The molecule has 0 aromatic carbocycles. The number of ether oxygens (including phenoxy) is 1. The molecule has 0 rings (SSSR count). The first kappa shape index (κ1) is 59.3. The van der Waals surface area contributed by atoms with Gasteiger partial charge < -0.3 is 20.3 Å². The maximum atomic E-state index is 12.4. The summed E-state index contributed by atoms with van der Waals surface area (Å²) in [7, 11) is 0. The van der Waals surface area contributed by atoms with Crippen molar-refractivity contribution in [3.63, 3.8) is 0 Å². The summed E-state index contributed by atoms with van der Waals surface area (Å²) in [5.74, 6) is -0.0473. The van der Waals surface area contributed by atoms with Gasteiger partial charge in [-0.1, -0.05) is 244 Å². The quantitative estimate of drug-likeness (QED) is 0.0322. The number of carbonyl (C=O) groups is 2. The molecule has 0 fully saturated rings. The van der Waals surface area contributed by atoms with Crippen LogP contribution < -0.4 is 5.32 Å². The van der Waals surface area contributed by atoms with Crippen molar-refractivity contribution < 1.29 is 24.5 Å². The van der Waals surface area contributed by atoms with E-state index in [4.69, 9.17) is 4.74 Å². The second-order valence-corrected chi connectivity index (χ2v) is 18.6. The Morgan fingerprint density at radius 2 is 0.820 bits per heavy atom. The minimum Gasteiger partial charge on any atom is -0.466 e. The molecule has 0 aliphatic heterocycles. The maximum absolute atomic E-state index is 12.4. The van der Waals surface area contributed by atoms with Gasteiger partial charge in [0.2, 0.25) is 5.91 Å². The zero-order valence-corrected chi connectivity index (χ0v) is 40.9. The highest BCUT2D eigenvalue weighted by Crippen LogP contribution is 2.17. The number of unbranched alkanes of at least 4 members (excludes halogenated alkanes) is 35. The summed E-state index contributed by atoms with van der Waals surface area (Å²) in [6, 6.07) is -0.543. The Bertz CT molecular complexity index is 951. The van der Waals surface area contributed by atoms with Crippen LogP contribution >= 0.6 is 0 Å². The van der Waals surface area contributed by atoms with Gasteiger partial charge >= 0.3 is 5.97 Å². The lowest BCUT2D eigenvalue weighted by Crippen LogP contribution is -2.45. The van der Waals surface area contributed by atoms with Gasteiger partial charge in [0.05, 0.1) is 25.4 Å². The second-order valence-electron chi connectivity index (χ2n) is 18.6. The Kier molecular flexibility index (Phi) is 49.6. The number of rotatable bonds is 50. The van der Waals surface area contributed by atoms with Crippen LogP contribution in [-0.2, 0) is 14.3 Å². The minimum absolute atomic E-state index is 0.00634. The summed E-state index contributed by atoms with van der Waals surface area (Å²) < 4.78 is 5.47. The summed E-state index contributed by atoms with van der Waals surface area (Å²) in [5, 5.41) is 23.1. The number of allylic oxidation sites excluding steroid dienone is 4. The Morgan fingerprint density at radius 1 is 0.459 bits per heavy atom. The van der Waals surface area contributed by atoms with Crippen LogP contribution in [0.1, 0.15) is 290 Å². The molecule has 0 radical (unpaired) electrons. The number of hydrogen-bond donors (Lipinski definition) is 3. The van der Waals surface area contributed by atoms with Crippen LogP contribution in [-0.4, -0.2) is 47.4 Å². The molecule has 0 saturated heterocycles. The van der Waals surface area contributed by atoms with Crippen LogP contribution in [0, 0.1) is 0 Å². The van der Waals surface area contributed by atoms with Gasteiger partial charge in [-0.15, -0.1) is 0 Å². The van der Waals surface area contributed by atoms with E-state index < -0.39 is 12.1 Å². The van der Waals surface area contributed by atoms with Crippen molar-refractivity contribution in [2.45, 2.75) is 302 Å². The van der Waals surface area contributed by atoms with Gasteiger partial charge in [0, 0.05) is 12.8 Å². The van der Waals surface area contributed by atoms with Gasteiger partial charge in [0.25, 0.3) is 0 Å². The van der Waals surface area contributed by atoms with Gasteiger partial charge in [-0.2, -0.15) is 0 Å². The Labute approximate surface area is 380 Å². The largest absolute Gasteiger partial charge is 0.466 e. The topological polar surface area (TPSA) is 95.9 Å². The molecule has 0 saturated carbocycles. The molecule has 6 nitrogen and oxygen atoms in total. The van der Waals surface area contributed by atoms with Crippen molar-refractivity contribution in [3.05, 3.63) is 24.3 Å². The highest BCUT2D eigenvalue weighted by atomic mass is 16.5. The number of aliphatic hydroxyl groups excluding tert-OH is 2. The lowest BCUT2D eigenvalue weighted by atomic mass is 10.0. The molecule has 61 heavy (non-hydrogen) atoms. The molecule has 0 aromatic rings. The van der Waals surface area contributed by atoms with Crippen molar-refractivity contribution in [1.82, 2.24) is 5.32 Å². The zero-order chi connectivity index (χ0) is 44.4. The molecule has 0 aromatic heterocycles. The Balaban J connectivity index is 3.39. The molecule has 2 unspecified atom stereocenters. The summed E-state index contributed by atoms with van der Waals surface area (Å²) in [6.07, 6.45) is 60.1. The minimum atomic E-state index is -0.665. The monoisotopic (exact) mass is 860 g/mol. The molecule has 0 heterocycles. The standard InChI is InChI=1S/C55H105NO5/c1-3-5-7-9-11-13-15-16-17-23-26-29-33-37-41-45-49-55(60)61-50-46-42-38-34-30-27-24-21-19-18-20-22-25-28-32-36-40-44-48-54(59)56-52(51-57)53(58)47-43-39-35-31-14-12-10-8-6-4-2/h13,15,17,23,52-53,57-58H,3-12,14,16,18-22,24-51H2,1-2H3,(H,56,59)/b15-13-,23-17-. The Hall–Kier alpha value is -1.66. The van der Waals surface area contributed by atoms with Crippen LogP contribution in [0.3, 0.4) is 0 Å². The molecule has 360 valence electrons. The number of aliphatic hydroxyl groups is 2. The lowest BCUT2D eigenvalue weighted by Gasteiger charge is -2.22. The van der Waals surface area contributed by atoms with E-state index >= 15 is 0 Å². The van der Waals surface area contributed by atoms with E-state index in [1.807, 2.05) is 0 Å². The van der Waals surface area contributed by atoms with Crippen LogP contribution in [0.15, 0.2) is 24.3 Å². The lowest BCUT2D eigenvalue weighted by molar-refractivity contribution is -0.143. The third-order valence-corrected chi connectivity index (χ3v) is 12.5. The van der Waals surface area contributed by atoms with Crippen molar-refractivity contribution in [3.8, 4) is 0 Å². The van der Waals surface area contributed by atoms with E-state index in [1.165, 1.54) is 205 Å². The Morgan fingerprint density at radius 3 is 1.26 bits per heavy atom. The predicted molar refractivity (Wildman–Crippen MR) is 264 cm³/mol. The number of carbonyl (C=O) groups excluding carboxylic acids is 2. The van der Waals surface area contributed by atoms with Crippen molar-refractivity contribution in [2.75, 3.05) is 13.2 Å². The average Bonchev–Trinajstić information content (AvgIpc) is 3.26. The van der Waals surface area contributed by atoms with Gasteiger partial charge in [0.15, 0.2) is 0 Å². The molecular weight excluding hydrogens is 755 g/mol. The molecule has 0 bridgehead atoms. The first-order valence-electron chi connectivity index (χ1n) is 27.1. The van der Waals surface area contributed by atoms with E-state index in [-0.39, 0.29) is 18.5 Å². The maximum Gasteiger partial charge on any atom is 0.305 e. The molecular formula is C55H105NO5. The fourth-order valence-electron chi connectivity index (χ4n) is 8.32. The van der Waals surface area contributed by atoms with Gasteiger partial charge in [-0.25, -0.2) is 0 Å². The summed E-state index contributed by atoms with van der Waals surface area (Å²) in [4.78, 5) is 24.4. The van der Waals surface area contributed by atoms with Crippen LogP contribution in [0.5, 0.6) is 0 Å². The second kappa shape index (κ2) is 51.0. The van der Waals surface area contributed by atoms with Crippen LogP contribution in [0.2, 0.25) is 0 Å². The smallest absolute Gasteiger partial charge is 0.305 e. The molecule has 0 aliphatic rings. The highest BCUT2D eigenvalue weighted by Gasteiger charge is 2.20. The fraction of sp³-hybridized carbons (Fsp3) is 0.891. The molecule has 6 heteroatoms. The SMILES string of the molecule is CCCCCC/C=C\C/C=C\CCCCCCCC(=O)OCCCCCCCCCCCCCCCCCCCCC(=O)NC(CO)C(O)CCCCCCCCCCCC. The van der Waals surface area contributed by atoms with Crippen LogP contribution in [0.25, 0.3) is 0 Å². The molecule has 0 spiro atoms. The summed E-state index contributed by atoms with van der Waals surface area (Å²) in [5.41, 5.74) is 0. The van der Waals surface area contributed by atoms with E-state index in [0.717, 1.165) is 51.4 Å². The average molecular weight is 860 g/mol. The van der Waals surface area contributed by atoms with Gasteiger partial charge in [-0.05, 0) is 57.8 Å². The third-order valence-electron chi connectivity index (χ3n) is 12.5. The first-order valence-corrected chi connectivity index (χ1v) is 27.1. The third kappa shape index (κ3) is 47.7. The van der Waals surface area contributed by atoms with E-state index in [0.29, 0.717) is 25.9 Å². The number of amides is 1. The first-order chi connectivity index (χ1) is 30.0. The number of hydrogen-bond acceptors (Lipinski definition) is 5. The predicted octanol–water partition coefficient (Wildman–Crippen LogP) is 16.3. The van der Waals surface area contributed by atoms with E-state index in [9.17, 15) is 19.8 Å². The van der Waals surface area contributed by atoms with Crippen LogP contribution in [0.4, 0.5) is 0 Å². The molecule has 2 atom stereocenters. The summed E-state index contributed by atoms with van der Waals surface area (Å²) >= 11 is 0. The van der Waals surface area contributed by atoms with E-state index in [2.05, 4.69) is 43.5 Å². The summed E-state index contributed by atoms with van der Waals surface area (Å²) in [6.45, 7) is 4.91. The zero-order valence-electron chi connectivity index (χ0n) is 40.9. The van der Waals surface area contributed by atoms with Gasteiger partial charge in [-0.3, -0.25) is 9.59 Å². The number of esters is 1. The van der Waals surface area contributed by atoms with Crippen molar-refractivity contribution in [2.24, 2.45) is 0 Å². The van der Waals surface area contributed by atoms with Crippen molar-refractivity contribution in [1.29, 1.82) is 0 Å². The fourth-order valence-corrected chi connectivity index (χ4v) is 8.32. The van der Waals surface area contributed by atoms with Gasteiger partial charge in [0.1, 0.15) is 0 Å². The number of nitrogens with one attached hydrogen (secondary N) is 1. The van der Waals surface area contributed by atoms with Crippen molar-refractivity contribution >= 4 is 11.9 Å². The highest BCUT2D eigenvalue weighted by molar-refractivity contribution is 5.76. The molecule has 1 amide bonds. The molecule has 0 aliphatic carbocycles.